The standard InChI is InChI=1S/C14H9FN4/c15-12-3-1-2-10(6-12)7-14-18-17-13-5-4-11(8-16)9-19(13)14/h1-6,9H,7H2. The number of pyridine rings is 1. The van der Waals surface area contributed by atoms with Crippen molar-refractivity contribution in [1.82, 2.24) is 14.6 Å². The van der Waals surface area contributed by atoms with E-state index in [2.05, 4.69) is 16.3 Å². The van der Waals surface area contributed by atoms with Crippen LogP contribution in [0.5, 0.6) is 0 Å². The summed E-state index contributed by atoms with van der Waals surface area (Å²) in [6.07, 6.45) is 2.15. The maximum Gasteiger partial charge on any atom is 0.160 e. The van der Waals surface area contributed by atoms with Crippen molar-refractivity contribution < 1.29 is 4.39 Å². The summed E-state index contributed by atoms with van der Waals surface area (Å²) in [4.78, 5) is 0. The minimum atomic E-state index is -0.274. The Labute approximate surface area is 108 Å². The van der Waals surface area contributed by atoms with Crippen molar-refractivity contribution in [3.63, 3.8) is 0 Å². The molecule has 0 saturated carbocycles. The molecule has 0 unspecified atom stereocenters. The van der Waals surface area contributed by atoms with Gasteiger partial charge in [0.05, 0.1) is 5.56 Å². The first kappa shape index (κ1) is 11.4. The van der Waals surface area contributed by atoms with Gasteiger partial charge < -0.3 is 0 Å². The Balaban J connectivity index is 2.03. The zero-order valence-corrected chi connectivity index (χ0v) is 9.92. The van der Waals surface area contributed by atoms with Crippen LogP contribution < -0.4 is 0 Å². The Hall–Kier alpha value is -2.74. The monoisotopic (exact) mass is 252 g/mol. The van der Waals surface area contributed by atoms with E-state index in [0.29, 0.717) is 23.5 Å². The Morgan fingerprint density at radius 2 is 2.11 bits per heavy atom. The van der Waals surface area contributed by atoms with Gasteiger partial charge in [0.2, 0.25) is 0 Å². The van der Waals surface area contributed by atoms with Crippen molar-refractivity contribution in [3.05, 3.63) is 65.4 Å². The lowest BCUT2D eigenvalue weighted by Gasteiger charge is -2.01. The third kappa shape index (κ3) is 2.16. The number of nitrogens with zero attached hydrogens (tertiary/aromatic N) is 4. The van der Waals surface area contributed by atoms with Crippen LogP contribution in [0.3, 0.4) is 0 Å². The van der Waals surface area contributed by atoms with Gasteiger partial charge in [0.15, 0.2) is 5.65 Å². The first-order chi connectivity index (χ1) is 9.26. The van der Waals surface area contributed by atoms with Crippen molar-refractivity contribution in [2.45, 2.75) is 6.42 Å². The van der Waals surface area contributed by atoms with E-state index < -0.39 is 0 Å². The maximum atomic E-state index is 13.1. The van der Waals surface area contributed by atoms with E-state index in [1.807, 2.05) is 6.07 Å². The molecule has 3 aromatic rings. The van der Waals surface area contributed by atoms with Gasteiger partial charge in [0.25, 0.3) is 0 Å². The lowest BCUT2D eigenvalue weighted by molar-refractivity contribution is 0.625. The van der Waals surface area contributed by atoms with Crippen LogP contribution in [0.1, 0.15) is 17.0 Å². The molecule has 1 aromatic carbocycles. The highest BCUT2D eigenvalue weighted by Crippen LogP contribution is 2.12. The van der Waals surface area contributed by atoms with Crippen molar-refractivity contribution in [1.29, 1.82) is 5.26 Å². The van der Waals surface area contributed by atoms with Crippen molar-refractivity contribution in [2.24, 2.45) is 0 Å². The summed E-state index contributed by atoms with van der Waals surface area (Å²) in [6, 6.07) is 11.9. The van der Waals surface area contributed by atoms with Gasteiger partial charge in [-0.05, 0) is 29.8 Å². The number of hydrogen-bond acceptors (Lipinski definition) is 3. The smallest absolute Gasteiger partial charge is 0.160 e. The van der Waals surface area contributed by atoms with E-state index >= 15 is 0 Å². The Morgan fingerprint density at radius 3 is 2.89 bits per heavy atom. The average Bonchev–Trinajstić information content (AvgIpc) is 2.81. The lowest BCUT2D eigenvalue weighted by Crippen LogP contribution is -1.97. The summed E-state index contributed by atoms with van der Waals surface area (Å²) in [7, 11) is 0. The lowest BCUT2D eigenvalue weighted by atomic mass is 10.1. The van der Waals surface area contributed by atoms with Crippen LogP contribution >= 0.6 is 0 Å². The fraction of sp³-hybridized carbons (Fsp3) is 0.0714. The quantitative estimate of drug-likeness (QED) is 0.703. The Morgan fingerprint density at radius 1 is 1.21 bits per heavy atom. The number of hydrogen-bond donors (Lipinski definition) is 0. The van der Waals surface area contributed by atoms with Crippen LogP contribution in [0.25, 0.3) is 5.65 Å². The first-order valence-electron chi connectivity index (χ1n) is 5.74. The molecule has 3 rings (SSSR count). The highest BCUT2D eigenvalue weighted by atomic mass is 19.1. The van der Waals surface area contributed by atoms with E-state index in [9.17, 15) is 4.39 Å². The van der Waals surface area contributed by atoms with Crippen molar-refractivity contribution in [2.75, 3.05) is 0 Å². The van der Waals surface area contributed by atoms with Crippen molar-refractivity contribution in [3.8, 4) is 6.07 Å². The van der Waals surface area contributed by atoms with E-state index in [-0.39, 0.29) is 5.82 Å². The van der Waals surface area contributed by atoms with Crippen LogP contribution in [0, 0.1) is 17.1 Å². The van der Waals surface area contributed by atoms with Gasteiger partial charge in [-0.1, -0.05) is 12.1 Å². The van der Waals surface area contributed by atoms with E-state index in [0.717, 1.165) is 5.56 Å². The van der Waals surface area contributed by atoms with Crippen LogP contribution in [-0.2, 0) is 6.42 Å². The summed E-state index contributed by atoms with van der Waals surface area (Å²) in [6.45, 7) is 0. The maximum absolute atomic E-state index is 13.1. The van der Waals surface area contributed by atoms with E-state index in [1.54, 1.807) is 28.8 Å². The molecule has 0 spiro atoms. The molecule has 0 aliphatic heterocycles. The molecule has 0 aliphatic carbocycles. The molecule has 0 fully saturated rings. The van der Waals surface area contributed by atoms with Gasteiger partial charge in [-0.3, -0.25) is 4.40 Å². The second kappa shape index (κ2) is 4.50. The van der Waals surface area contributed by atoms with Gasteiger partial charge in [-0.2, -0.15) is 5.26 Å². The fourth-order valence-electron chi connectivity index (χ4n) is 1.95. The SMILES string of the molecule is N#Cc1ccc2nnc(Cc3cccc(F)c3)n2c1. The molecular formula is C14H9FN4. The predicted octanol–water partition coefficient (Wildman–Crippen LogP) is 2.33. The Kier molecular flexibility index (Phi) is 2.69. The second-order valence-corrected chi connectivity index (χ2v) is 4.18. The zero-order chi connectivity index (χ0) is 13.2. The predicted molar refractivity (Wildman–Crippen MR) is 66.9 cm³/mol. The molecular weight excluding hydrogens is 243 g/mol. The third-order valence-corrected chi connectivity index (χ3v) is 2.85. The largest absolute Gasteiger partial charge is 0.285 e. The number of aromatic nitrogens is 3. The van der Waals surface area contributed by atoms with Crippen LogP contribution in [0.2, 0.25) is 0 Å². The molecule has 5 heteroatoms. The number of fused-ring (bicyclic) bond motifs is 1. The molecule has 0 amide bonds. The summed E-state index contributed by atoms with van der Waals surface area (Å²) in [5, 5.41) is 17.0. The van der Waals surface area contributed by atoms with Gasteiger partial charge >= 0.3 is 0 Å². The molecule has 0 saturated heterocycles. The van der Waals surface area contributed by atoms with E-state index in [1.165, 1.54) is 12.1 Å². The van der Waals surface area contributed by atoms with Gasteiger partial charge in [0.1, 0.15) is 17.7 Å². The average molecular weight is 252 g/mol. The molecule has 19 heavy (non-hydrogen) atoms. The number of nitriles is 1. The number of halogens is 1. The van der Waals surface area contributed by atoms with Crippen LogP contribution in [-0.4, -0.2) is 14.6 Å². The minimum absolute atomic E-state index is 0.274. The number of benzene rings is 1. The second-order valence-electron chi connectivity index (χ2n) is 4.18. The molecule has 0 bridgehead atoms. The minimum Gasteiger partial charge on any atom is -0.285 e. The molecule has 2 heterocycles. The van der Waals surface area contributed by atoms with E-state index in [4.69, 9.17) is 5.26 Å². The Bertz CT molecular complexity index is 785. The first-order valence-corrected chi connectivity index (χ1v) is 5.74. The highest BCUT2D eigenvalue weighted by Gasteiger charge is 2.07. The molecule has 2 aromatic heterocycles. The summed E-state index contributed by atoms with van der Waals surface area (Å²) >= 11 is 0. The van der Waals surface area contributed by atoms with Crippen LogP contribution in [0.15, 0.2) is 42.6 Å². The highest BCUT2D eigenvalue weighted by molar-refractivity contribution is 5.43. The fourth-order valence-corrected chi connectivity index (χ4v) is 1.95. The molecule has 0 N–H and O–H groups in total. The summed E-state index contributed by atoms with van der Waals surface area (Å²) in [5.41, 5.74) is 2.02. The third-order valence-electron chi connectivity index (χ3n) is 2.85. The molecule has 0 atom stereocenters. The zero-order valence-electron chi connectivity index (χ0n) is 9.92. The van der Waals surface area contributed by atoms with Gasteiger partial charge in [0, 0.05) is 12.6 Å². The topological polar surface area (TPSA) is 54.0 Å². The molecule has 4 nitrogen and oxygen atoms in total. The summed E-state index contributed by atoms with van der Waals surface area (Å²) < 4.78 is 14.9. The number of rotatable bonds is 2. The molecule has 0 aliphatic rings. The van der Waals surface area contributed by atoms with Gasteiger partial charge in [-0.15, -0.1) is 10.2 Å². The van der Waals surface area contributed by atoms with Gasteiger partial charge in [-0.25, -0.2) is 4.39 Å². The van der Waals surface area contributed by atoms with Crippen molar-refractivity contribution >= 4 is 5.65 Å². The van der Waals surface area contributed by atoms with Crippen LogP contribution in [0.4, 0.5) is 4.39 Å². The summed E-state index contributed by atoms with van der Waals surface area (Å²) in [5.74, 6) is 0.404. The molecule has 0 radical (unpaired) electrons. The normalized spacial score (nSPS) is 10.5. The molecule has 92 valence electrons.